The van der Waals surface area contributed by atoms with Gasteiger partial charge in [0.05, 0.1) is 0 Å². The molecule has 114 valence electrons. The van der Waals surface area contributed by atoms with Crippen molar-refractivity contribution < 1.29 is 18.7 Å². The van der Waals surface area contributed by atoms with E-state index in [2.05, 4.69) is 15.9 Å². The van der Waals surface area contributed by atoms with E-state index in [1.165, 1.54) is 12.2 Å². The lowest BCUT2D eigenvalue weighted by molar-refractivity contribution is -0.136. The van der Waals surface area contributed by atoms with Crippen molar-refractivity contribution >= 4 is 33.8 Å². The van der Waals surface area contributed by atoms with Crippen molar-refractivity contribution in [1.82, 2.24) is 0 Å². The molecule has 0 radical (unpaired) electrons. The maximum Gasteiger partial charge on any atom is 0.331 e. The number of aryl methyl sites for hydroxylation is 1. The molecule has 4 nitrogen and oxygen atoms in total. The minimum Gasteiger partial charge on any atom is -0.454 e. The average molecular weight is 363 g/mol. The zero-order valence-electron chi connectivity index (χ0n) is 12.0. The highest BCUT2D eigenvalue weighted by Crippen LogP contribution is 2.15. The van der Waals surface area contributed by atoms with Crippen molar-refractivity contribution in [2.24, 2.45) is 0 Å². The van der Waals surface area contributed by atoms with Gasteiger partial charge in [0, 0.05) is 11.6 Å². The number of carbonyl (C=O) groups excluding carboxylic acids is 2. The highest BCUT2D eigenvalue weighted by molar-refractivity contribution is 9.10. The lowest BCUT2D eigenvalue weighted by Gasteiger charge is -2.03. The van der Waals surface area contributed by atoms with E-state index >= 15 is 0 Å². The molecule has 1 heterocycles. The van der Waals surface area contributed by atoms with E-state index in [1.54, 1.807) is 24.3 Å². The van der Waals surface area contributed by atoms with Gasteiger partial charge in [0.15, 0.2) is 17.1 Å². The Kier molecular flexibility index (Phi) is 5.72. The number of rotatable bonds is 6. The lowest BCUT2D eigenvalue weighted by Crippen LogP contribution is -2.12. The fraction of sp³-hybridized carbons (Fsp3) is 0.176. The third-order valence-corrected chi connectivity index (χ3v) is 3.43. The molecule has 1 aromatic heterocycles. The molecule has 22 heavy (non-hydrogen) atoms. The van der Waals surface area contributed by atoms with E-state index in [0.29, 0.717) is 16.0 Å². The molecule has 0 spiro atoms. The number of benzene rings is 1. The molecule has 5 heteroatoms. The Bertz CT molecular complexity index is 683. The Morgan fingerprint density at radius 1 is 1.18 bits per heavy atom. The largest absolute Gasteiger partial charge is 0.454 e. The third-order valence-electron chi connectivity index (χ3n) is 3.01. The Morgan fingerprint density at radius 2 is 1.91 bits per heavy atom. The van der Waals surface area contributed by atoms with Crippen LogP contribution in [0.4, 0.5) is 0 Å². The van der Waals surface area contributed by atoms with Crippen LogP contribution < -0.4 is 0 Å². The summed E-state index contributed by atoms with van der Waals surface area (Å²) in [5, 5.41) is 0. The Balaban J connectivity index is 1.84. The number of furan rings is 1. The minimum absolute atomic E-state index is 0.231. The van der Waals surface area contributed by atoms with Crippen molar-refractivity contribution in [3.05, 3.63) is 64.0 Å². The maximum atomic E-state index is 11.9. The summed E-state index contributed by atoms with van der Waals surface area (Å²) in [6, 6.07) is 10.7. The number of hydrogen-bond acceptors (Lipinski definition) is 4. The number of Topliss-reactive ketones (excluding diaryl/α,β-unsaturated/α-hetero) is 1. The molecule has 0 saturated heterocycles. The van der Waals surface area contributed by atoms with Crippen LogP contribution >= 0.6 is 15.9 Å². The van der Waals surface area contributed by atoms with Gasteiger partial charge in [0.1, 0.15) is 5.76 Å². The molecule has 0 unspecified atom stereocenters. The van der Waals surface area contributed by atoms with Gasteiger partial charge in [-0.25, -0.2) is 4.79 Å². The van der Waals surface area contributed by atoms with Crippen LogP contribution in [-0.4, -0.2) is 18.4 Å². The Morgan fingerprint density at radius 3 is 2.50 bits per heavy atom. The van der Waals surface area contributed by atoms with Crippen LogP contribution in [-0.2, 0) is 16.0 Å². The second-order valence-electron chi connectivity index (χ2n) is 4.56. The molecule has 0 N–H and O–H groups in total. The van der Waals surface area contributed by atoms with Gasteiger partial charge in [0.2, 0.25) is 0 Å². The van der Waals surface area contributed by atoms with Gasteiger partial charge < -0.3 is 9.15 Å². The summed E-state index contributed by atoms with van der Waals surface area (Å²) in [6.45, 7) is 1.76. The molecule has 1 aromatic carbocycles. The van der Waals surface area contributed by atoms with Gasteiger partial charge in [-0.05, 0) is 46.1 Å². The molecular formula is C17H15BrO4. The Labute approximate surface area is 136 Å². The maximum absolute atomic E-state index is 11.9. The molecule has 2 aromatic rings. The summed E-state index contributed by atoms with van der Waals surface area (Å²) in [4.78, 5) is 23.4. The number of esters is 1. The first-order chi connectivity index (χ1) is 10.6. The standard InChI is InChI=1S/C17H15BrO4/c1-2-12-3-5-13(6-4-12)15(19)11-21-17(20)10-8-14-7-9-16(18)22-14/h3-10H,2,11H2,1H3/b10-8+. The van der Waals surface area contributed by atoms with E-state index in [1.807, 2.05) is 19.1 Å². The predicted octanol–water partition coefficient (Wildman–Crippen LogP) is 4.04. The first kappa shape index (κ1) is 16.2. The smallest absolute Gasteiger partial charge is 0.331 e. The summed E-state index contributed by atoms with van der Waals surface area (Å²) in [5.41, 5.74) is 1.69. The number of hydrogen-bond donors (Lipinski definition) is 0. The van der Waals surface area contributed by atoms with Gasteiger partial charge in [-0.15, -0.1) is 0 Å². The van der Waals surface area contributed by atoms with E-state index < -0.39 is 5.97 Å². The summed E-state index contributed by atoms with van der Waals surface area (Å²) in [6.07, 6.45) is 3.61. The third kappa shape index (κ3) is 4.70. The van der Waals surface area contributed by atoms with E-state index in [0.717, 1.165) is 12.0 Å². The molecule has 0 aliphatic carbocycles. The predicted molar refractivity (Wildman–Crippen MR) is 86.6 cm³/mol. The van der Waals surface area contributed by atoms with Gasteiger partial charge in [0.25, 0.3) is 0 Å². The fourth-order valence-corrected chi connectivity index (χ4v) is 2.08. The molecular weight excluding hydrogens is 348 g/mol. The van der Waals surface area contributed by atoms with Crippen LogP contribution in [0.25, 0.3) is 6.08 Å². The van der Waals surface area contributed by atoms with E-state index in [-0.39, 0.29) is 12.4 Å². The number of halogens is 1. The molecule has 0 aliphatic heterocycles. The highest BCUT2D eigenvalue weighted by atomic mass is 79.9. The molecule has 0 aliphatic rings. The molecule has 0 bridgehead atoms. The van der Waals surface area contributed by atoms with Crippen molar-refractivity contribution in [3.8, 4) is 0 Å². The van der Waals surface area contributed by atoms with Crippen molar-refractivity contribution in [2.45, 2.75) is 13.3 Å². The first-order valence-electron chi connectivity index (χ1n) is 6.81. The summed E-state index contributed by atoms with van der Waals surface area (Å²) in [7, 11) is 0. The highest BCUT2D eigenvalue weighted by Gasteiger charge is 2.08. The van der Waals surface area contributed by atoms with Crippen LogP contribution in [0.1, 0.15) is 28.6 Å². The van der Waals surface area contributed by atoms with Crippen molar-refractivity contribution in [1.29, 1.82) is 0 Å². The minimum atomic E-state index is -0.592. The summed E-state index contributed by atoms with van der Waals surface area (Å²) < 4.78 is 10.7. The van der Waals surface area contributed by atoms with Gasteiger partial charge in [-0.1, -0.05) is 31.2 Å². The second-order valence-corrected chi connectivity index (χ2v) is 5.34. The van der Waals surface area contributed by atoms with Crippen LogP contribution in [0.2, 0.25) is 0 Å². The van der Waals surface area contributed by atoms with Gasteiger partial charge >= 0.3 is 5.97 Å². The average Bonchev–Trinajstić information content (AvgIpc) is 2.96. The molecule has 0 amide bonds. The van der Waals surface area contributed by atoms with Crippen LogP contribution in [0.15, 0.2) is 51.6 Å². The monoisotopic (exact) mass is 362 g/mol. The van der Waals surface area contributed by atoms with Gasteiger partial charge in [-0.3, -0.25) is 4.79 Å². The number of ketones is 1. The zero-order valence-corrected chi connectivity index (χ0v) is 13.6. The van der Waals surface area contributed by atoms with Crippen LogP contribution in [0, 0.1) is 0 Å². The number of ether oxygens (including phenoxy) is 1. The van der Waals surface area contributed by atoms with Crippen molar-refractivity contribution in [3.63, 3.8) is 0 Å². The SMILES string of the molecule is CCc1ccc(C(=O)COC(=O)/C=C/c2ccc(Br)o2)cc1. The fourth-order valence-electron chi connectivity index (χ4n) is 1.76. The van der Waals surface area contributed by atoms with E-state index in [4.69, 9.17) is 9.15 Å². The zero-order chi connectivity index (χ0) is 15.9. The molecule has 0 atom stereocenters. The van der Waals surface area contributed by atoms with Crippen LogP contribution in [0.3, 0.4) is 0 Å². The molecule has 0 fully saturated rings. The summed E-state index contributed by atoms with van der Waals surface area (Å²) >= 11 is 3.16. The van der Waals surface area contributed by atoms with Crippen LogP contribution in [0.5, 0.6) is 0 Å². The second kappa shape index (κ2) is 7.75. The first-order valence-corrected chi connectivity index (χ1v) is 7.60. The van der Waals surface area contributed by atoms with Gasteiger partial charge in [-0.2, -0.15) is 0 Å². The van der Waals surface area contributed by atoms with Crippen molar-refractivity contribution in [2.75, 3.05) is 6.61 Å². The quantitative estimate of drug-likeness (QED) is 0.442. The topological polar surface area (TPSA) is 56.5 Å². The molecule has 2 rings (SSSR count). The van der Waals surface area contributed by atoms with E-state index in [9.17, 15) is 9.59 Å². The normalized spacial score (nSPS) is 10.8. The number of carbonyl (C=O) groups is 2. The Hall–Kier alpha value is -2.14. The molecule has 0 saturated carbocycles. The summed E-state index contributed by atoms with van der Waals surface area (Å²) in [5.74, 6) is -0.304. The lowest BCUT2D eigenvalue weighted by atomic mass is 10.1.